The third-order valence-electron chi connectivity index (χ3n) is 2.30. The van der Waals surface area contributed by atoms with Gasteiger partial charge in [-0.05, 0) is 6.07 Å². The van der Waals surface area contributed by atoms with Crippen LogP contribution in [0.5, 0.6) is 0 Å². The van der Waals surface area contributed by atoms with Crippen molar-refractivity contribution in [2.45, 2.75) is 6.61 Å². The average molecular weight is 451 g/mol. The molecule has 0 saturated heterocycles. The Morgan fingerprint density at radius 1 is 1.40 bits per heavy atom. The Kier molecular flexibility index (Phi) is 7.81. The van der Waals surface area contributed by atoms with Gasteiger partial charge in [0, 0.05) is 34.7 Å². The molecular weight excluding hydrogens is 437 g/mol. The molecule has 0 aliphatic carbocycles. The number of nitro groups is 1. The third kappa shape index (κ3) is 5.51. The third-order valence-corrected chi connectivity index (χ3v) is 5.71. The Morgan fingerprint density at radius 3 is 2.45 bits per heavy atom. The molecule has 1 aromatic heterocycles. The first-order valence-corrected chi connectivity index (χ1v) is 10.2. The SMILES string of the molecule is N[P@@](=O)(OCc1ccc([N+](=O)[O-])s1)N(CCBr)CCBr. The molecule has 114 valence electrons. The van der Waals surface area contributed by atoms with E-state index in [1.54, 1.807) is 10.7 Å². The van der Waals surface area contributed by atoms with Crippen molar-refractivity contribution in [3.8, 4) is 0 Å². The first-order valence-electron chi connectivity index (χ1n) is 5.54. The van der Waals surface area contributed by atoms with Gasteiger partial charge in [-0.2, -0.15) is 0 Å². The van der Waals surface area contributed by atoms with E-state index >= 15 is 0 Å². The minimum atomic E-state index is -3.41. The Bertz CT molecular complexity index is 495. The van der Waals surface area contributed by atoms with Crippen LogP contribution in [0.3, 0.4) is 0 Å². The van der Waals surface area contributed by atoms with Crippen LogP contribution in [0.2, 0.25) is 0 Å². The van der Waals surface area contributed by atoms with Crippen molar-refractivity contribution in [2.75, 3.05) is 23.7 Å². The van der Waals surface area contributed by atoms with E-state index in [1.807, 2.05) is 0 Å². The monoisotopic (exact) mass is 449 g/mol. The molecule has 0 fully saturated rings. The second-order valence-electron chi connectivity index (χ2n) is 3.67. The standard InChI is InChI=1S/C9H14Br2N3O4PS/c10-3-5-13(6-4-11)19(12,17)18-7-8-1-2-9(20-8)14(15)16/h1-2H,3-7H2,(H2,12,17)/t19-/m1/s1. The quantitative estimate of drug-likeness (QED) is 0.268. The fraction of sp³-hybridized carbons (Fsp3) is 0.556. The maximum Gasteiger partial charge on any atom is 0.341 e. The first-order chi connectivity index (χ1) is 9.40. The predicted octanol–water partition coefficient (Wildman–Crippen LogP) is 3.33. The summed E-state index contributed by atoms with van der Waals surface area (Å²) in [5.74, 6) is 0. The van der Waals surface area contributed by atoms with Crippen LogP contribution in [0, 0.1) is 10.1 Å². The van der Waals surface area contributed by atoms with Gasteiger partial charge in [0.1, 0.15) is 0 Å². The van der Waals surface area contributed by atoms with Gasteiger partial charge in [0.15, 0.2) is 0 Å². The number of nitrogens with zero attached hydrogens (tertiary/aromatic N) is 2. The molecule has 11 heteroatoms. The molecule has 0 saturated carbocycles. The van der Waals surface area contributed by atoms with Gasteiger partial charge in [-0.1, -0.05) is 43.2 Å². The minimum Gasteiger partial charge on any atom is -0.300 e. The van der Waals surface area contributed by atoms with Gasteiger partial charge in [0.25, 0.3) is 0 Å². The van der Waals surface area contributed by atoms with Crippen LogP contribution in [0.4, 0.5) is 5.00 Å². The zero-order valence-electron chi connectivity index (χ0n) is 10.4. The summed E-state index contributed by atoms with van der Waals surface area (Å²) in [4.78, 5) is 10.7. The van der Waals surface area contributed by atoms with E-state index < -0.39 is 12.6 Å². The number of hydrogen-bond acceptors (Lipinski definition) is 5. The van der Waals surface area contributed by atoms with Crippen molar-refractivity contribution >= 4 is 55.9 Å². The lowest BCUT2D eigenvalue weighted by atomic mass is 10.5. The van der Waals surface area contributed by atoms with Gasteiger partial charge in [-0.25, -0.2) is 10.2 Å². The van der Waals surface area contributed by atoms with Gasteiger partial charge in [0.2, 0.25) is 0 Å². The van der Waals surface area contributed by atoms with E-state index in [4.69, 9.17) is 10.0 Å². The van der Waals surface area contributed by atoms with Crippen molar-refractivity contribution in [2.24, 2.45) is 5.50 Å². The largest absolute Gasteiger partial charge is 0.341 e. The molecule has 0 radical (unpaired) electrons. The van der Waals surface area contributed by atoms with Crippen LogP contribution in [0.15, 0.2) is 12.1 Å². The molecule has 0 bridgehead atoms. The van der Waals surface area contributed by atoms with Crippen LogP contribution in [0.1, 0.15) is 4.88 Å². The molecule has 2 N–H and O–H groups in total. The molecular formula is C9H14Br2N3O4PS. The molecule has 1 rings (SSSR count). The van der Waals surface area contributed by atoms with E-state index in [9.17, 15) is 14.7 Å². The minimum absolute atomic E-state index is 0.00659. The Labute approximate surface area is 137 Å². The highest BCUT2D eigenvalue weighted by atomic mass is 79.9. The fourth-order valence-corrected chi connectivity index (χ4v) is 4.84. The molecule has 0 aromatic carbocycles. The van der Waals surface area contributed by atoms with E-state index in [1.165, 1.54) is 6.07 Å². The van der Waals surface area contributed by atoms with Crippen LogP contribution < -0.4 is 5.50 Å². The summed E-state index contributed by atoms with van der Waals surface area (Å²) in [7, 11) is -3.41. The smallest absolute Gasteiger partial charge is 0.300 e. The summed E-state index contributed by atoms with van der Waals surface area (Å²) in [6.45, 7) is 0.973. The molecule has 0 amide bonds. The van der Waals surface area contributed by atoms with Crippen molar-refractivity contribution in [1.29, 1.82) is 0 Å². The lowest BCUT2D eigenvalue weighted by Crippen LogP contribution is -2.29. The van der Waals surface area contributed by atoms with Gasteiger partial charge >= 0.3 is 12.7 Å². The highest BCUT2D eigenvalue weighted by molar-refractivity contribution is 9.09. The Hall–Kier alpha value is 0.170. The molecule has 1 atom stereocenters. The van der Waals surface area contributed by atoms with Crippen LogP contribution in [-0.4, -0.2) is 33.3 Å². The lowest BCUT2D eigenvalue weighted by Gasteiger charge is -2.26. The summed E-state index contributed by atoms with van der Waals surface area (Å²) in [5, 5.41) is 11.8. The first kappa shape index (κ1) is 18.2. The van der Waals surface area contributed by atoms with Crippen molar-refractivity contribution < 1.29 is 14.0 Å². The summed E-state index contributed by atoms with van der Waals surface area (Å²) in [6.07, 6.45) is 0. The van der Waals surface area contributed by atoms with E-state index in [0.717, 1.165) is 11.3 Å². The van der Waals surface area contributed by atoms with E-state index in [-0.39, 0.29) is 11.6 Å². The zero-order valence-corrected chi connectivity index (χ0v) is 15.3. The zero-order chi connectivity index (χ0) is 15.2. The number of thiophene rings is 1. The summed E-state index contributed by atoms with van der Waals surface area (Å²) in [6, 6.07) is 2.96. The maximum absolute atomic E-state index is 12.3. The average Bonchev–Trinajstić information content (AvgIpc) is 2.85. The van der Waals surface area contributed by atoms with Crippen molar-refractivity contribution in [3.05, 3.63) is 27.1 Å². The lowest BCUT2D eigenvalue weighted by molar-refractivity contribution is -0.380. The number of alkyl halides is 2. The molecule has 1 heterocycles. The second kappa shape index (κ2) is 8.57. The summed E-state index contributed by atoms with van der Waals surface area (Å²) in [5.41, 5.74) is 5.74. The number of hydrogen-bond donors (Lipinski definition) is 1. The highest BCUT2D eigenvalue weighted by Crippen LogP contribution is 2.43. The van der Waals surface area contributed by atoms with Gasteiger partial charge in [0.05, 0.1) is 11.5 Å². The molecule has 7 nitrogen and oxygen atoms in total. The molecule has 20 heavy (non-hydrogen) atoms. The van der Waals surface area contributed by atoms with Crippen LogP contribution in [-0.2, 0) is 15.7 Å². The Balaban J connectivity index is 2.64. The molecule has 0 unspecified atom stereocenters. The molecule has 0 aliphatic rings. The normalized spacial score (nSPS) is 14.4. The molecule has 0 aliphatic heterocycles. The topological polar surface area (TPSA) is 98.7 Å². The van der Waals surface area contributed by atoms with Crippen LogP contribution >= 0.6 is 50.9 Å². The summed E-state index contributed by atoms with van der Waals surface area (Å²) >= 11 is 7.51. The van der Waals surface area contributed by atoms with Crippen LogP contribution in [0.25, 0.3) is 0 Å². The van der Waals surface area contributed by atoms with Crippen molar-refractivity contribution in [3.63, 3.8) is 0 Å². The fourth-order valence-electron chi connectivity index (χ4n) is 1.37. The van der Waals surface area contributed by atoms with Gasteiger partial charge < -0.3 is 4.52 Å². The van der Waals surface area contributed by atoms with E-state index in [0.29, 0.717) is 28.6 Å². The van der Waals surface area contributed by atoms with Gasteiger partial charge in [-0.15, -0.1) is 0 Å². The maximum atomic E-state index is 12.3. The highest BCUT2D eigenvalue weighted by Gasteiger charge is 2.26. The number of rotatable bonds is 9. The van der Waals surface area contributed by atoms with Gasteiger partial charge in [-0.3, -0.25) is 14.7 Å². The molecule has 0 spiro atoms. The second-order valence-corrected chi connectivity index (χ2v) is 8.35. The Morgan fingerprint density at radius 2 is 2.00 bits per heavy atom. The summed E-state index contributed by atoms with van der Waals surface area (Å²) < 4.78 is 19.2. The van der Waals surface area contributed by atoms with Crippen molar-refractivity contribution in [1.82, 2.24) is 4.67 Å². The molecule has 1 aromatic rings. The predicted molar refractivity (Wildman–Crippen MR) is 86.7 cm³/mol. The number of halogens is 2. The van der Waals surface area contributed by atoms with E-state index in [2.05, 4.69) is 31.9 Å². The number of nitrogens with two attached hydrogens (primary N) is 1.